The summed E-state index contributed by atoms with van der Waals surface area (Å²) in [6.07, 6.45) is -4.44. The van der Waals surface area contributed by atoms with Gasteiger partial charge in [-0.25, -0.2) is 0 Å². The first-order chi connectivity index (χ1) is 16.2. The molecule has 0 spiro atoms. The van der Waals surface area contributed by atoms with E-state index in [0.717, 1.165) is 23.4 Å². The third-order valence-corrected chi connectivity index (χ3v) is 5.90. The van der Waals surface area contributed by atoms with Gasteiger partial charge < -0.3 is 9.84 Å². The predicted octanol–water partition coefficient (Wildman–Crippen LogP) is 4.38. The molecule has 1 amide bonds. The number of aryl methyl sites for hydroxylation is 1. The van der Waals surface area contributed by atoms with Gasteiger partial charge in [-0.3, -0.25) is 14.6 Å². The highest BCUT2D eigenvalue weighted by atomic mass is 19.4. The Morgan fingerprint density at radius 2 is 1.82 bits per heavy atom. The Bertz CT molecular complexity index is 1120. The molecule has 180 valence electrons. The Labute approximate surface area is 195 Å². The van der Waals surface area contributed by atoms with Crippen LogP contribution in [0.4, 0.5) is 18.9 Å². The molecule has 1 N–H and O–H groups in total. The zero-order valence-corrected chi connectivity index (χ0v) is 19.0. The lowest BCUT2D eigenvalue weighted by Gasteiger charge is -2.36. The third-order valence-electron chi connectivity index (χ3n) is 5.90. The minimum Gasteiger partial charge on any atom is -0.337 e. The molecule has 10 heteroatoms. The van der Waals surface area contributed by atoms with Gasteiger partial charge >= 0.3 is 6.18 Å². The fourth-order valence-corrected chi connectivity index (χ4v) is 3.86. The second-order valence-corrected chi connectivity index (χ2v) is 8.44. The van der Waals surface area contributed by atoms with Crippen molar-refractivity contribution in [2.45, 2.75) is 26.1 Å². The third kappa shape index (κ3) is 5.81. The van der Waals surface area contributed by atoms with Crippen molar-refractivity contribution >= 4 is 11.6 Å². The maximum atomic E-state index is 13.0. The molecule has 1 aliphatic rings. The van der Waals surface area contributed by atoms with Crippen molar-refractivity contribution in [1.82, 2.24) is 19.9 Å². The zero-order chi connectivity index (χ0) is 24.3. The number of carbonyl (C=O) groups excluding carboxylic acids is 1. The van der Waals surface area contributed by atoms with Crippen LogP contribution in [0.3, 0.4) is 0 Å². The van der Waals surface area contributed by atoms with Crippen LogP contribution in [0.25, 0.3) is 11.4 Å². The van der Waals surface area contributed by atoms with Crippen LogP contribution in [0, 0.1) is 6.92 Å². The van der Waals surface area contributed by atoms with Crippen LogP contribution in [-0.4, -0.2) is 58.6 Å². The minimum atomic E-state index is -4.44. The monoisotopic (exact) mass is 473 g/mol. The number of nitrogens with one attached hydrogen (secondary N) is 1. The number of amides is 1. The van der Waals surface area contributed by atoms with Gasteiger partial charge in [0.2, 0.25) is 17.6 Å². The molecule has 34 heavy (non-hydrogen) atoms. The zero-order valence-electron chi connectivity index (χ0n) is 19.0. The van der Waals surface area contributed by atoms with E-state index >= 15 is 0 Å². The maximum Gasteiger partial charge on any atom is 0.416 e. The summed E-state index contributed by atoms with van der Waals surface area (Å²) in [5.41, 5.74) is 1.40. The summed E-state index contributed by atoms with van der Waals surface area (Å²) in [4.78, 5) is 20.9. The van der Waals surface area contributed by atoms with E-state index in [2.05, 4.69) is 25.3 Å². The van der Waals surface area contributed by atoms with E-state index in [-0.39, 0.29) is 23.3 Å². The van der Waals surface area contributed by atoms with Crippen molar-refractivity contribution in [2.75, 3.05) is 38.0 Å². The fourth-order valence-electron chi connectivity index (χ4n) is 3.86. The number of halogens is 3. The lowest BCUT2D eigenvalue weighted by molar-refractivity contribution is -0.137. The van der Waals surface area contributed by atoms with E-state index in [0.29, 0.717) is 38.6 Å². The molecule has 2 aromatic carbocycles. The first-order valence-corrected chi connectivity index (χ1v) is 11.0. The lowest BCUT2D eigenvalue weighted by atomic mass is 10.1. The molecular weight excluding hydrogens is 447 g/mol. The molecule has 1 fully saturated rings. The molecule has 1 aliphatic heterocycles. The average molecular weight is 473 g/mol. The van der Waals surface area contributed by atoms with Gasteiger partial charge in [0, 0.05) is 37.4 Å². The number of alkyl halides is 3. The van der Waals surface area contributed by atoms with E-state index in [1.807, 2.05) is 38.1 Å². The number of carbonyl (C=O) groups is 1. The molecule has 1 saturated heterocycles. The van der Waals surface area contributed by atoms with Crippen LogP contribution in [0.15, 0.2) is 53.1 Å². The number of piperazine rings is 1. The van der Waals surface area contributed by atoms with E-state index < -0.39 is 11.7 Å². The number of nitrogens with zero attached hydrogens (tertiary/aromatic N) is 4. The smallest absolute Gasteiger partial charge is 0.337 e. The highest BCUT2D eigenvalue weighted by Gasteiger charge is 2.31. The number of hydrogen-bond acceptors (Lipinski definition) is 6. The van der Waals surface area contributed by atoms with Gasteiger partial charge in [0.05, 0.1) is 18.2 Å². The predicted molar refractivity (Wildman–Crippen MR) is 121 cm³/mol. The van der Waals surface area contributed by atoms with Gasteiger partial charge in [0.25, 0.3) is 0 Å². The van der Waals surface area contributed by atoms with Gasteiger partial charge in [-0.1, -0.05) is 35.0 Å². The number of benzene rings is 2. The summed E-state index contributed by atoms with van der Waals surface area (Å²) >= 11 is 0. The quantitative estimate of drug-likeness (QED) is 0.573. The van der Waals surface area contributed by atoms with Crippen LogP contribution >= 0.6 is 0 Å². The number of hydrogen-bond donors (Lipinski definition) is 1. The molecular formula is C24H26F3N5O2. The first kappa shape index (κ1) is 23.9. The van der Waals surface area contributed by atoms with Crippen molar-refractivity contribution in [3.8, 4) is 11.4 Å². The molecule has 1 aromatic heterocycles. The number of rotatable bonds is 6. The van der Waals surface area contributed by atoms with Crippen molar-refractivity contribution < 1.29 is 22.5 Å². The number of anilines is 1. The topological polar surface area (TPSA) is 74.5 Å². The Morgan fingerprint density at radius 1 is 1.12 bits per heavy atom. The first-order valence-electron chi connectivity index (χ1n) is 11.0. The van der Waals surface area contributed by atoms with E-state index in [4.69, 9.17) is 4.52 Å². The van der Waals surface area contributed by atoms with E-state index in [1.165, 1.54) is 12.1 Å². The van der Waals surface area contributed by atoms with Crippen LogP contribution < -0.4 is 5.32 Å². The van der Waals surface area contributed by atoms with Gasteiger partial charge in [-0.2, -0.15) is 18.2 Å². The summed E-state index contributed by atoms with van der Waals surface area (Å²) in [5.74, 6) is 0.408. The molecule has 0 aliphatic carbocycles. The molecule has 0 unspecified atom stereocenters. The van der Waals surface area contributed by atoms with Crippen LogP contribution in [0.1, 0.15) is 30.0 Å². The summed E-state index contributed by atoms with van der Waals surface area (Å²) in [5, 5.41) is 6.79. The van der Waals surface area contributed by atoms with Crippen LogP contribution in [0.5, 0.6) is 0 Å². The van der Waals surface area contributed by atoms with Crippen LogP contribution in [0.2, 0.25) is 0 Å². The summed E-state index contributed by atoms with van der Waals surface area (Å²) in [6, 6.07) is 12.3. The average Bonchev–Trinajstić information content (AvgIpc) is 3.31. The summed E-state index contributed by atoms with van der Waals surface area (Å²) in [6.45, 7) is 6.99. The maximum absolute atomic E-state index is 13.0. The summed E-state index contributed by atoms with van der Waals surface area (Å²) in [7, 11) is 0. The number of aromatic nitrogens is 2. The standard InChI is InChI=1S/C24H26F3N5O2/c1-16-6-8-20(9-7-16)28-21(33)15-31-10-12-32(13-11-31)17(2)23-29-22(30-34-23)18-4-3-5-19(14-18)24(25,26)27/h3-9,14,17H,10-13,15H2,1-2H3,(H,28,33)/t17-/m1/s1. The molecule has 0 radical (unpaired) electrons. The van der Waals surface area contributed by atoms with Crippen LogP contribution in [-0.2, 0) is 11.0 Å². The normalized spacial score (nSPS) is 16.4. The second kappa shape index (κ2) is 9.94. The fraction of sp³-hybridized carbons (Fsp3) is 0.375. The van der Waals surface area contributed by atoms with Crippen molar-refractivity contribution in [1.29, 1.82) is 0 Å². The molecule has 0 bridgehead atoms. The highest BCUT2D eigenvalue weighted by molar-refractivity contribution is 5.92. The Morgan fingerprint density at radius 3 is 2.50 bits per heavy atom. The molecule has 4 rings (SSSR count). The molecule has 2 heterocycles. The highest BCUT2D eigenvalue weighted by Crippen LogP contribution is 2.32. The molecule has 0 saturated carbocycles. The second-order valence-electron chi connectivity index (χ2n) is 8.44. The molecule has 7 nitrogen and oxygen atoms in total. The minimum absolute atomic E-state index is 0.0621. The van der Waals surface area contributed by atoms with Crippen molar-refractivity contribution in [2.24, 2.45) is 0 Å². The SMILES string of the molecule is Cc1ccc(NC(=O)CN2CCN([C@H](C)c3nc(-c4cccc(C(F)(F)F)c4)no3)CC2)cc1. The van der Waals surface area contributed by atoms with E-state index in [1.54, 1.807) is 0 Å². The van der Waals surface area contributed by atoms with Crippen molar-refractivity contribution in [3.63, 3.8) is 0 Å². The molecule has 1 atom stereocenters. The van der Waals surface area contributed by atoms with Crippen molar-refractivity contribution in [3.05, 3.63) is 65.5 Å². The van der Waals surface area contributed by atoms with Gasteiger partial charge in [-0.05, 0) is 38.1 Å². The Kier molecular flexibility index (Phi) is 6.99. The summed E-state index contributed by atoms with van der Waals surface area (Å²) < 4.78 is 44.3. The van der Waals surface area contributed by atoms with Gasteiger partial charge in [-0.15, -0.1) is 0 Å². The Hall–Kier alpha value is -3.24. The van der Waals surface area contributed by atoms with E-state index in [9.17, 15) is 18.0 Å². The molecule has 3 aromatic rings. The lowest BCUT2D eigenvalue weighted by Crippen LogP contribution is -2.49. The Balaban J connectivity index is 1.31. The largest absolute Gasteiger partial charge is 0.416 e. The van der Waals surface area contributed by atoms with Gasteiger partial charge in [0.15, 0.2) is 0 Å². The van der Waals surface area contributed by atoms with Gasteiger partial charge in [0.1, 0.15) is 0 Å².